The van der Waals surface area contributed by atoms with Crippen molar-refractivity contribution in [1.82, 2.24) is 5.43 Å². The highest BCUT2D eigenvalue weighted by Gasteiger charge is 2.16. The van der Waals surface area contributed by atoms with E-state index >= 15 is 0 Å². The summed E-state index contributed by atoms with van der Waals surface area (Å²) in [6.07, 6.45) is 1.20. The number of methoxy groups -OCH3 is 1. The van der Waals surface area contributed by atoms with Gasteiger partial charge in [0, 0.05) is 0 Å². The summed E-state index contributed by atoms with van der Waals surface area (Å²) in [7, 11) is 1.37. The van der Waals surface area contributed by atoms with Crippen LogP contribution < -0.4 is 25.5 Å². The van der Waals surface area contributed by atoms with Gasteiger partial charge in [0.1, 0.15) is 5.82 Å². The van der Waals surface area contributed by atoms with Crippen LogP contribution in [0.5, 0.6) is 11.5 Å². The summed E-state index contributed by atoms with van der Waals surface area (Å²) in [6.45, 7) is -0.373. The molecule has 0 fully saturated rings. The number of hydrogen-bond acceptors (Lipinski definition) is 6. The second-order valence-electron chi connectivity index (χ2n) is 6.98. The maximum Gasteiger partial charge on any atom is 0.329 e. The topological polar surface area (TPSA) is 118 Å². The number of benzene rings is 3. The molecule has 0 saturated carbocycles. The minimum Gasteiger partial charge on any atom is -0.493 e. The van der Waals surface area contributed by atoms with Gasteiger partial charge in [-0.25, -0.2) is 9.82 Å². The molecule has 3 amide bonds. The Balaban J connectivity index is 1.59. The summed E-state index contributed by atoms with van der Waals surface area (Å²) < 4.78 is 24.4. The van der Waals surface area contributed by atoms with E-state index < -0.39 is 23.5 Å². The summed E-state index contributed by atoms with van der Waals surface area (Å²) in [6, 6.07) is 15.1. The number of halogens is 3. The van der Waals surface area contributed by atoms with Crippen molar-refractivity contribution in [3.05, 3.63) is 82.1 Å². The molecule has 36 heavy (non-hydrogen) atoms. The van der Waals surface area contributed by atoms with E-state index in [-0.39, 0.29) is 28.8 Å². The number of hydrogen-bond donors (Lipinski definition) is 3. The quantitative estimate of drug-likeness (QED) is 0.227. The second kappa shape index (κ2) is 12.5. The van der Waals surface area contributed by atoms with Gasteiger partial charge in [-0.05, 0) is 42.0 Å². The number of nitrogens with zero attached hydrogens (tertiary/aromatic N) is 1. The van der Waals surface area contributed by atoms with Crippen LogP contribution in [0.1, 0.15) is 5.56 Å². The first-order valence-corrected chi connectivity index (χ1v) is 11.0. The molecule has 0 radical (unpaired) electrons. The van der Waals surface area contributed by atoms with Crippen LogP contribution in [0.25, 0.3) is 0 Å². The number of rotatable bonds is 8. The number of ether oxygens (including phenoxy) is 2. The Morgan fingerprint density at radius 3 is 2.33 bits per heavy atom. The molecule has 0 aromatic heterocycles. The van der Waals surface area contributed by atoms with E-state index in [0.29, 0.717) is 16.3 Å². The molecular formula is C24H19Cl2FN4O5. The Morgan fingerprint density at radius 2 is 1.64 bits per heavy atom. The molecule has 3 aromatic rings. The van der Waals surface area contributed by atoms with Crippen molar-refractivity contribution in [3.63, 3.8) is 0 Å². The van der Waals surface area contributed by atoms with Gasteiger partial charge in [0.05, 0.1) is 34.7 Å². The highest BCUT2D eigenvalue weighted by Crippen LogP contribution is 2.36. The number of para-hydroxylation sites is 2. The average molecular weight is 533 g/mol. The molecular weight excluding hydrogens is 514 g/mol. The van der Waals surface area contributed by atoms with Crippen molar-refractivity contribution in [2.75, 3.05) is 24.4 Å². The first kappa shape index (κ1) is 26.5. The van der Waals surface area contributed by atoms with E-state index in [1.165, 1.54) is 43.7 Å². The van der Waals surface area contributed by atoms with E-state index in [1.807, 2.05) is 5.43 Å². The predicted molar refractivity (Wildman–Crippen MR) is 134 cm³/mol. The van der Waals surface area contributed by atoms with Gasteiger partial charge in [0.25, 0.3) is 5.91 Å². The zero-order valence-electron chi connectivity index (χ0n) is 18.7. The molecule has 3 N–H and O–H groups in total. The molecule has 3 aromatic carbocycles. The molecule has 0 spiro atoms. The molecule has 0 atom stereocenters. The zero-order valence-corrected chi connectivity index (χ0v) is 20.2. The van der Waals surface area contributed by atoms with Crippen molar-refractivity contribution in [3.8, 4) is 11.5 Å². The molecule has 0 aliphatic carbocycles. The lowest BCUT2D eigenvalue weighted by atomic mass is 10.2. The van der Waals surface area contributed by atoms with E-state index in [1.54, 1.807) is 24.3 Å². The minimum atomic E-state index is -1.11. The van der Waals surface area contributed by atoms with Crippen LogP contribution in [-0.4, -0.2) is 37.7 Å². The van der Waals surface area contributed by atoms with E-state index in [4.69, 9.17) is 32.7 Å². The average Bonchev–Trinajstić information content (AvgIpc) is 2.85. The molecule has 3 rings (SSSR count). The summed E-state index contributed by atoms with van der Waals surface area (Å²) in [5.41, 5.74) is 2.70. The van der Waals surface area contributed by atoms with Gasteiger partial charge in [-0.2, -0.15) is 5.10 Å². The van der Waals surface area contributed by atoms with Gasteiger partial charge in [0.15, 0.2) is 18.1 Å². The van der Waals surface area contributed by atoms with Gasteiger partial charge in [-0.1, -0.05) is 47.5 Å². The smallest absolute Gasteiger partial charge is 0.329 e. The van der Waals surface area contributed by atoms with Crippen LogP contribution >= 0.6 is 23.2 Å². The number of hydrazone groups is 1. The molecule has 12 heteroatoms. The Morgan fingerprint density at radius 1 is 0.944 bits per heavy atom. The Labute approximate surface area is 215 Å². The molecule has 0 aliphatic heterocycles. The monoisotopic (exact) mass is 532 g/mol. The predicted octanol–water partition coefficient (Wildman–Crippen LogP) is 4.25. The molecule has 0 bridgehead atoms. The first-order valence-electron chi connectivity index (χ1n) is 10.2. The fraction of sp³-hybridized carbons (Fsp3) is 0.0833. The normalized spacial score (nSPS) is 10.6. The summed E-state index contributed by atoms with van der Waals surface area (Å²) >= 11 is 12.3. The molecule has 0 aliphatic rings. The summed E-state index contributed by atoms with van der Waals surface area (Å²) in [5, 5.41) is 8.93. The molecule has 9 nitrogen and oxygen atoms in total. The van der Waals surface area contributed by atoms with E-state index in [9.17, 15) is 18.8 Å². The van der Waals surface area contributed by atoms with Crippen molar-refractivity contribution < 1.29 is 28.2 Å². The van der Waals surface area contributed by atoms with Gasteiger partial charge in [0.2, 0.25) is 0 Å². The van der Waals surface area contributed by atoms with E-state index in [2.05, 4.69) is 15.7 Å². The van der Waals surface area contributed by atoms with E-state index in [0.717, 1.165) is 6.07 Å². The first-order chi connectivity index (χ1) is 17.3. The van der Waals surface area contributed by atoms with Crippen molar-refractivity contribution in [1.29, 1.82) is 0 Å². The standard InChI is InChI=1S/C24H19Cl2FN4O5/c1-35-20-11-14(12-28-31-24(34)23(33)30-19-9-5-3-7-17(19)27)10-16(26)22(20)36-13-21(32)29-18-8-4-2-6-15(18)25/h2-12H,13H2,1H3,(H,29,32)(H,30,33)(H,31,34)/b28-12-. The van der Waals surface area contributed by atoms with Crippen LogP contribution in [-0.2, 0) is 14.4 Å². The van der Waals surface area contributed by atoms with Crippen LogP contribution in [0.4, 0.5) is 15.8 Å². The van der Waals surface area contributed by atoms with Crippen molar-refractivity contribution >= 4 is 58.5 Å². The summed E-state index contributed by atoms with van der Waals surface area (Å²) in [5.74, 6) is -3.07. The van der Waals surface area contributed by atoms with Crippen LogP contribution in [0, 0.1) is 5.82 Å². The summed E-state index contributed by atoms with van der Waals surface area (Å²) in [4.78, 5) is 36.0. The lowest BCUT2D eigenvalue weighted by molar-refractivity contribution is -0.136. The fourth-order valence-corrected chi connectivity index (χ4v) is 3.26. The fourth-order valence-electron chi connectivity index (χ4n) is 2.80. The molecule has 186 valence electrons. The molecule has 0 saturated heterocycles. The molecule has 0 heterocycles. The van der Waals surface area contributed by atoms with Crippen LogP contribution in [0.15, 0.2) is 65.8 Å². The van der Waals surface area contributed by atoms with Gasteiger partial charge in [-0.15, -0.1) is 0 Å². The number of amides is 3. The lowest BCUT2D eigenvalue weighted by Gasteiger charge is -2.13. The van der Waals surface area contributed by atoms with Crippen LogP contribution in [0.2, 0.25) is 10.0 Å². The second-order valence-corrected chi connectivity index (χ2v) is 7.80. The van der Waals surface area contributed by atoms with Crippen molar-refractivity contribution in [2.45, 2.75) is 0 Å². The van der Waals surface area contributed by atoms with Gasteiger partial charge < -0.3 is 20.1 Å². The van der Waals surface area contributed by atoms with Crippen molar-refractivity contribution in [2.24, 2.45) is 5.10 Å². The Kier molecular flexibility index (Phi) is 9.20. The number of anilines is 2. The highest BCUT2D eigenvalue weighted by atomic mass is 35.5. The van der Waals surface area contributed by atoms with Gasteiger partial charge >= 0.3 is 11.8 Å². The third-order valence-electron chi connectivity index (χ3n) is 4.46. The number of carbonyl (C=O) groups excluding carboxylic acids is 3. The zero-order chi connectivity index (χ0) is 26.1. The maximum atomic E-state index is 13.6. The van der Waals surface area contributed by atoms with Gasteiger partial charge in [-0.3, -0.25) is 14.4 Å². The minimum absolute atomic E-state index is 0.102. The SMILES string of the molecule is COc1cc(/C=N\NC(=O)C(=O)Nc2ccccc2F)cc(Cl)c1OCC(=O)Nc1ccccc1Cl. The highest BCUT2D eigenvalue weighted by molar-refractivity contribution is 6.39. The Hall–Kier alpha value is -4.15. The Bertz CT molecular complexity index is 1320. The number of nitrogens with one attached hydrogen (secondary N) is 3. The third kappa shape index (κ3) is 7.17. The maximum absolute atomic E-state index is 13.6. The largest absolute Gasteiger partial charge is 0.493 e. The number of carbonyl (C=O) groups is 3. The van der Waals surface area contributed by atoms with Crippen LogP contribution in [0.3, 0.4) is 0 Å². The molecule has 0 unspecified atom stereocenters. The lowest BCUT2D eigenvalue weighted by Crippen LogP contribution is -2.32. The third-order valence-corrected chi connectivity index (χ3v) is 5.07.